The summed E-state index contributed by atoms with van der Waals surface area (Å²) < 4.78 is 1.52. The van der Waals surface area contributed by atoms with Crippen molar-refractivity contribution in [1.29, 1.82) is 0 Å². The molecule has 1 aromatic carbocycles. The summed E-state index contributed by atoms with van der Waals surface area (Å²) in [6.45, 7) is 2.45. The fourth-order valence-electron chi connectivity index (χ4n) is 1.98. The maximum atomic E-state index is 12.0. The van der Waals surface area contributed by atoms with Crippen molar-refractivity contribution in [3.8, 4) is 0 Å². The number of carbonyl (C=O) groups is 1. The highest BCUT2D eigenvalue weighted by Crippen LogP contribution is 2.11. The van der Waals surface area contributed by atoms with Gasteiger partial charge in [-0.25, -0.2) is 4.98 Å². The highest BCUT2D eigenvalue weighted by molar-refractivity contribution is 5.97. The molecule has 0 bridgehead atoms. The predicted molar refractivity (Wildman–Crippen MR) is 73.2 cm³/mol. The van der Waals surface area contributed by atoms with Crippen molar-refractivity contribution in [3.63, 3.8) is 0 Å². The van der Waals surface area contributed by atoms with Crippen LogP contribution in [0.5, 0.6) is 0 Å². The second kappa shape index (κ2) is 6.09. The number of hydrogen-bond acceptors (Lipinski definition) is 3. The Morgan fingerprint density at radius 3 is 2.79 bits per heavy atom. The van der Waals surface area contributed by atoms with Crippen LogP contribution >= 0.6 is 0 Å². The van der Waals surface area contributed by atoms with E-state index in [1.165, 1.54) is 23.2 Å². The van der Waals surface area contributed by atoms with Crippen molar-refractivity contribution >= 4 is 5.78 Å². The van der Waals surface area contributed by atoms with E-state index in [4.69, 9.17) is 0 Å². The number of hydrogen-bond donors (Lipinski definition) is 0. The minimum atomic E-state index is -0.0849. The van der Waals surface area contributed by atoms with Crippen LogP contribution in [0.2, 0.25) is 0 Å². The zero-order chi connectivity index (χ0) is 13.7. The molecule has 2 aromatic rings. The first kappa shape index (κ1) is 13.2. The predicted octanol–water partition coefficient (Wildman–Crippen LogP) is 2.21. The Morgan fingerprint density at radius 1 is 1.26 bits per heavy atom. The average Bonchev–Trinajstić information content (AvgIpc) is 2.41. The molecule has 0 spiro atoms. The Balaban J connectivity index is 1.94. The zero-order valence-electron chi connectivity index (χ0n) is 10.9. The van der Waals surface area contributed by atoms with Gasteiger partial charge in [0.05, 0.1) is 6.33 Å². The molecule has 4 heteroatoms. The van der Waals surface area contributed by atoms with Gasteiger partial charge in [-0.15, -0.1) is 0 Å². The van der Waals surface area contributed by atoms with Gasteiger partial charge >= 0.3 is 0 Å². The molecule has 0 saturated carbocycles. The van der Waals surface area contributed by atoms with Gasteiger partial charge in [0, 0.05) is 30.8 Å². The molecule has 0 fully saturated rings. The number of Topliss-reactive ketones (excluding diaryl/α,β-unsaturated/α-hetero) is 1. The first-order chi connectivity index (χ1) is 9.18. The van der Waals surface area contributed by atoms with E-state index >= 15 is 0 Å². The molecule has 2 rings (SSSR count). The fourth-order valence-corrected chi connectivity index (χ4v) is 1.98. The lowest BCUT2D eigenvalue weighted by Crippen LogP contribution is -2.19. The molecule has 0 aliphatic carbocycles. The van der Waals surface area contributed by atoms with Gasteiger partial charge in [-0.2, -0.15) is 0 Å². The summed E-state index contributed by atoms with van der Waals surface area (Å²) in [4.78, 5) is 27.4. The molecule has 0 aliphatic rings. The van der Waals surface area contributed by atoms with Crippen molar-refractivity contribution < 1.29 is 4.79 Å². The molecule has 0 aliphatic heterocycles. The maximum Gasteiger partial charge on any atom is 0.253 e. The summed E-state index contributed by atoms with van der Waals surface area (Å²) in [5.41, 5.74) is 1.67. The summed E-state index contributed by atoms with van der Waals surface area (Å²) in [7, 11) is 0. The number of nitrogens with zero attached hydrogens (tertiary/aromatic N) is 2. The Bertz CT molecular complexity index is 632. The van der Waals surface area contributed by atoms with E-state index in [0.29, 0.717) is 19.4 Å². The Morgan fingerprint density at radius 2 is 2.05 bits per heavy atom. The second-order valence-electron chi connectivity index (χ2n) is 4.45. The number of aromatic nitrogens is 2. The van der Waals surface area contributed by atoms with Gasteiger partial charge < -0.3 is 0 Å². The van der Waals surface area contributed by atoms with Crippen LogP contribution in [-0.4, -0.2) is 15.3 Å². The van der Waals surface area contributed by atoms with Crippen LogP contribution in [0.3, 0.4) is 0 Å². The summed E-state index contributed by atoms with van der Waals surface area (Å²) in [5, 5.41) is 0. The molecule has 19 heavy (non-hydrogen) atoms. The van der Waals surface area contributed by atoms with E-state index in [0.717, 1.165) is 11.1 Å². The van der Waals surface area contributed by atoms with Crippen LogP contribution in [0.1, 0.15) is 28.8 Å². The molecular formula is C15H16N2O2. The summed E-state index contributed by atoms with van der Waals surface area (Å²) in [6.07, 6.45) is 4.04. The zero-order valence-corrected chi connectivity index (χ0v) is 10.9. The second-order valence-corrected chi connectivity index (χ2v) is 4.45. The molecule has 0 unspecified atom stereocenters. The highest BCUT2D eigenvalue weighted by atomic mass is 16.1. The largest absolute Gasteiger partial charge is 0.299 e. The van der Waals surface area contributed by atoms with Crippen LogP contribution in [0.25, 0.3) is 0 Å². The molecule has 0 atom stereocenters. The Hall–Kier alpha value is -2.23. The van der Waals surface area contributed by atoms with Crippen molar-refractivity contribution in [2.24, 2.45) is 0 Å². The van der Waals surface area contributed by atoms with Crippen LogP contribution in [0.15, 0.2) is 47.7 Å². The number of benzene rings is 1. The van der Waals surface area contributed by atoms with Gasteiger partial charge in [-0.05, 0) is 18.9 Å². The highest BCUT2D eigenvalue weighted by Gasteiger charge is 2.08. The quantitative estimate of drug-likeness (QED) is 0.771. The molecule has 0 saturated heterocycles. The lowest BCUT2D eigenvalue weighted by molar-refractivity contribution is 0.0978. The van der Waals surface area contributed by atoms with Crippen molar-refractivity contribution in [1.82, 2.24) is 9.55 Å². The summed E-state index contributed by atoms with van der Waals surface area (Å²) >= 11 is 0. The van der Waals surface area contributed by atoms with Gasteiger partial charge in [0.15, 0.2) is 5.78 Å². The normalized spacial score (nSPS) is 10.4. The molecule has 1 heterocycles. The van der Waals surface area contributed by atoms with Gasteiger partial charge in [0.25, 0.3) is 5.56 Å². The van der Waals surface area contributed by atoms with Gasteiger partial charge in [-0.1, -0.05) is 24.3 Å². The van der Waals surface area contributed by atoms with Crippen LogP contribution in [0.4, 0.5) is 0 Å². The number of aryl methyl sites for hydroxylation is 2. The van der Waals surface area contributed by atoms with Crippen LogP contribution in [0, 0.1) is 6.92 Å². The van der Waals surface area contributed by atoms with Gasteiger partial charge in [-0.3, -0.25) is 14.2 Å². The van der Waals surface area contributed by atoms with E-state index in [9.17, 15) is 9.59 Å². The lowest BCUT2D eigenvalue weighted by atomic mass is 10.0. The average molecular weight is 256 g/mol. The van der Waals surface area contributed by atoms with E-state index in [2.05, 4.69) is 4.98 Å². The van der Waals surface area contributed by atoms with Gasteiger partial charge in [0.1, 0.15) is 0 Å². The Labute approximate surface area is 111 Å². The van der Waals surface area contributed by atoms with Crippen molar-refractivity contribution in [3.05, 3.63) is 64.3 Å². The van der Waals surface area contributed by atoms with E-state index in [1.54, 1.807) is 0 Å². The third kappa shape index (κ3) is 3.37. The summed E-state index contributed by atoms with van der Waals surface area (Å²) in [5.74, 6) is 0.120. The Kier molecular flexibility index (Phi) is 4.23. The molecule has 4 nitrogen and oxygen atoms in total. The van der Waals surface area contributed by atoms with Crippen LogP contribution < -0.4 is 5.56 Å². The number of ketones is 1. The first-order valence-electron chi connectivity index (χ1n) is 6.28. The van der Waals surface area contributed by atoms with Crippen LogP contribution in [-0.2, 0) is 6.54 Å². The standard InChI is InChI=1S/C15H16N2O2/c1-12-5-2-3-6-13(12)14(18)7-4-10-17-11-16-9-8-15(17)19/h2-3,5-6,8-9,11H,4,7,10H2,1H3. The molecule has 0 radical (unpaired) electrons. The number of carbonyl (C=O) groups excluding carboxylic acids is 1. The van der Waals surface area contributed by atoms with Gasteiger partial charge in [0.2, 0.25) is 0 Å². The molecule has 98 valence electrons. The van der Waals surface area contributed by atoms with Crippen molar-refractivity contribution in [2.45, 2.75) is 26.3 Å². The monoisotopic (exact) mass is 256 g/mol. The minimum absolute atomic E-state index is 0.0849. The SMILES string of the molecule is Cc1ccccc1C(=O)CCCn1cnccc1=O. The fraction of sp³-hybridized carbons (Fsp3) is 0.267. The molecule has 0 amide bonds. The lowest BCUT2D eigenvalue weighted by Gasteiger charge is -2.06. The topological polar surface area (TPSA) is 52.0 Å². The maximum absolute atomic E-state index is 12.0. The van der Waals surface area contributed by atoms with E-state index in [1.807, 2.05) is 31.2 Å². The smallest absolute Gasteiger partial charge is 0.253 e. The number of rotatable bonds is 5. The van der Waals surface area contributed by atoms with E-state index < -0.39 is 0 Å². The molecule has 0 N–H and O–H groups in total. The third-order valence-corrected chi connectivity index (χ3v) is 3.04. The summed E-state index contributed by atoms with van der Waals surface area (Å²) in [6, 6.07) is 8.98. The third-order valence-electron chi connectivity index (χ3n) is 3.04. The first-order valence-corrected chi connectivity index (χ1v) is 6.28. The molecule has 1 aromatic heterocycles. The minimum Gasteiger partial charge on any atom is -0.299 e. The molecular weight excluding hydrogens is 240 g/mol. The van der Waals surface area contributed by atoms with E-state index in [-0.39, 0.29) is 11.3 Å². The van der Waals surface area contributed by atoms with Crippen molar-refractivity contribution in [2.75, 3.05) is 0 Å².